The molecule has 0 N–H and O–H groups in total. The Morgan fingerprint density at radius 1 is 1.41 bits per heavy atom. The molecule has 2 aliphatic carbocycles. The Morgan fingerprint density at radius 3 is 2.70 bits per heavy atom. The minimum absolute atomic E-state index is 0.0194. The van der Waals surface area contributed by atoms with E-state index in [-0.39, 0.29) is 41.1 Å². The topological polar surface area (TPSA) is 69.7 Å². The number of rotatable bonds is 4. The van der Waals surface area contributed by atoms with Crippen LogP contribution >= 0.6 is 0 Å². The summed E-state index contributed by atoms with van der Waals surface area (Å²) in [6, 6.07) is 0. The van der Waals surface area contributed by atoms with E-state index in [1.54, 1.807) is 13.0 Å². The van der Waals surface area contributed by atoms with Gasteiger partial charge in [0.25, 0.3) is 0 Å². The van der Waals surface area contributed by atoms with Gasteiger partial charge in [0.1, 0.15) is 12.2 Å². The van der Waals surface area contributed by atoms with E-state index in [2.05, 4.69) is 20.4 Å². The summed E-state index contributed by atoms with van der Waals surface area (Å²) in [5, 5.41) is 0. The van der Waals surface area contributed by atoms with Gasteiger partial charge in [-0.3, -0.25) is 14.4 Å². The molecule has 0 aromatic rings. The van der Waals surface area contributed by atoms with Crippen molar-refractivity contribution < 1.29 is 23.9 Å². The van der Waals surface area contributed by atoms with Crippen LogP contribution in [0.2, 0.25) is 0 Å². The van der Waals surface area contributed by atoms with Crippen LogP contribution in [0.3, 0.4) is 0 Å². The van der Waals surface area contributed by atoms with Crippen molar-refractivity contribution in [2.45, 2.75) is 59.2 Å². The first kappa shape index (κ1) is 19.6. The van der Waals surface area contributed by atoms with Gasteiger partial charge in [0.15, 0.2) is 5.78 Å². The Morgan fingerprint density at radius 2 is 2.11 bits per heavy atom. The van der Waals surface area contributed by atoms with Crippen molar-refractivity contribution >= 4 is 17.7 Å². The largest absolute Gasteiger partial charge is 0.461 e. The standard InChI is InChI=1S/C22H28O5/c1-12(2)16-11-22(5)14(4)19(7-6-15(22)10-17(16)23)27-21(25)13(3)18-8-9-20(24)26-18/h6-7,10,13-14,16,18-19H,1,8-9,11H2,2-5H3/t13?,14-,16?,18?,19+,22+/m0/s1. The zero-order valence-corrected chi connectivity index (χ0v) is 16.5. The number of carbonyl (C=O) groups is 3. The van der Waals surface area contributed by atoms with Crippen molar-refractivity contribution in [3.63, 3.8) is 0 Å². The lowest BCUT2D eigenvalue weighted by atomic mass is 9.59. The maximum atomic E-state index is 12.6. The van der Waals surface area contributed by atoms with Crippen molar-refractivity contribution in [1.29, 1.82) is 0 Å². The van der Waals surface area contributed by atoms with Gasteiger partial charge < -0.3 is 9.47 Å². The Kier molecular flexibility index (Phi) is 5.15. The van der Waals surface area contributed by atoms with Crippen LogP contribution in [0.25, 0.3) is 0 Å². The first-order chi connectivity index (χ1) is 12.6. The van der Waals surface area contributed by atoms with Gasteiger partial charge >= 0.3 is 11.9 Å². The van der Waals surface area contributed by atoms with E-state index >= 15 is 0 Å². The van der Waals surface area contributed by atoms with Gasteiger partial charge in [-0.1, -0.05) is 32.1 Å². The van der Waals surface area contributed by atoms with Gasteiger partial charge in [0, 0.05) is 23.7 Å². The maximum Gasteiger partial charge on any atom is 0.313 e. The monoisotopic (exact) mass is 372 g/mol. The number of fused-ring (bicyclic) bond motifs is 1. The van der Waals surface area contributed by atoms with Gasteiger partial charge in [-0.2, -0.15) is 0 Å². The Labute approximate surface area is 160 Å². The minimum atomic E-state index is -0.488. The molecule has 1 aliphatic heterocycles. The third kappa shape index (κ3) is 3.52. The van der Waals surface area contributed by atoms with Crippen LogP contribution in [-0.2, 0) is 23.9 Å². The number of allylic oxidation sites excluding steroid dienone is 4. The van der Waals surface area contributed by atoms with Crippen LogP contribution in [0.1, 0.15) is 47.0 Å². The highest BCUT2D eigenvalue weighted by Crippen LogP contribution is 2.50. The summed E-state index contributed by atoms with van der Waals surface area (Å²) < 4.78 is 11.0. The summed E-state index contributed by atoms with van der Waals surface area (Å²) in [4.78, 5) is 36.3. The molecule has 0 bridgehead atoms. The van der Waals surface area contributed by atoms with Crippen LogP contribution in [0.15, 0.2) is 36.0 Å². The Balaban J connectivity index is 1.75. The van der Waals surface area contributed by atoms with Crippen LogP contribution < -0.4 is 0 Å². The summed E-state index contributed by atoms with van der Waals surface area (Å²) >= 11 is 0. The van der Waals surface area contributed by atoms with Gasteiger partial charge in [0.2, 0.25) is 0 Å². The maximum absolute atomic E-state index is 12.6. The zero-order valence-electron chi connectivity index (χ0n) is 16.5. The molecule has 3 unspecified atom stereocenters. The van der Waals surface area contributed by atoms with E-state index in [4.69, 9.17) is 9.47 Å². The molecule has 1 saturated heterocycles. The molecule has 0 saturated carbocycles. The van der Waals surface area contributed by atoms with Gasteiger partial charge in [-0.25, -0.2) is 0 Å². The molecule has 3 rings (SSSR count). The summed E-state index contributed by atoms with van der Waals surface area (Å²) in [6.45, 7) is 11.8. The predicted molar refractivity (Wildman–Crippen MR) is 101 cm³/mol. The van der Waals surface area contributed by atoms with E-state index in [9.17, 15) is 14.4 Å². The van der Waals surface area contributed by atoms with Crippen molar-refractivity contribution in [3.8, 4) is 0 Å². The molecule has 5 heteroatoms. The summed E-state index contributed by atoms with van der Waals surface area (Å²) in [5.41, 5.74) is 1.59. The molecule has 1 fully saturated rings. The number of carbonyl (C=O) groups excluding carboxylic acids is 3. The molecule has 3 aliphatic rings. The second kappa shape index (κ2) is 7.10. The van der Waals surface area contributed by atoms with E-state index in [0.29, 0.717) is 19.3 Å². The zero-order chi connectivity index (χ0) is 19.9. The number of esters is 2. The highest BCUT2D eigenvalue weighted by atomic mass is 16.6. The van der Waals surface area contributed by atoms with Crippen LogP contribution in [0.4, 0.5) is 0 Å². The lowest BCUT2D eigenvalue weighted by Crippen LogP contribution is -2.45. The third-order valence-electron chi connectivity index (χ3n) is 6.58. The molecule has 0 radical (unpaired) electrons. The molecular formula is C22H28O5. The van der Waals surface area contributed by atoms with Crippen LogP contribution in [-0.4, -0.2) is 29.9 Å². The normalized spacial score (nSPS) is 36.5. The molecular weight excluding hydrogens is 344 g/mol. The molecule has 6 atom stereocenters. The summed E-state index contributed by atoms with van der Waals surface area (Å²) in [5.74, 6) is -1.18. The second-order valence-electron chi connectivity index (χ2n) is 8.43. The first-order valence-electron chi connectivity index (χ1n) is 9.63. The van der Waals surface area contributed by atoms with E-state index in [1.807, 2.05) is 19.1 Å². The van der Waals surface area contributed by atoms with Gasteiger partial charge in [-0.15, -0.1) is 0 Å². The quantitative estimate of drug-likeness (QED) is 0.558. The highest BCUT2D eigenvalue weighted by Gasteiger charge is 2.47. The van der Waals surface area contributed by atoms with E-state index < -0.39 is 12.0 Å². The minimum Gasteiger partial charge on any atom is -0.461 e. The molecule has 5 nitrogen and oxygen atoms in total. The van der Waals surface area contributed by atoms with Crippen molar-refractivity contribution in [2.75, 3.05) is 0 Å². The lowest BCUT2D eigenvalue weighted by molar-refractivity contribution is -0.161. The first-order valence-corrected chi connectivity index (χ1v) is 9.63. The van der Waals surface area contributed by atoms with Crippen molar-refractivity contribution in [1.82, 2.24) is 0 Å². The Bertz CT molecular complexity index is 746. The fraction of sp³-hybridized carbons (Fsp3) is 0.591. The molecule has 1 heterocycles. The van der Waals surface area contributed by atoms with Crippen LogP contribution in [0, 0.1) is 23.2 Å². The molecule has 0 aromatic carbocycles. The average molecular weight is 372 g/mol. The van der Waals surface area contributed by atoms with Crippen molar-refractivity contribution in [3.05, 3.63) is 36.0 Å². The van der Waals surface area contributed by atoms with Crippen molar-refractivity contribution in [2.24, 2.45) is 23.2 Å². The Hall–Kier alpha value is -2.17. The summed E-state index contributed by atoms with van der Waals surface area (Å²) in [7, 11) is 0. The average Bonchev–Trinajstić information content (AvgIpc) is 3.04. The highest BCUT2D eigenvalue weighted by molar-refractivity contribution is 5.96. The number of cyclic esters (lactones) is 1. The van der Waals surface area contributed by atoms with E-state index in [0.717, 1.165) is 11.1 Å². The number of hydrogen-bond donors (Lipinski definition) is 0. The second-order valence-corrected chi connectivity index (χ2v) is 8.43. The SMILES string of the molecule is C=C(C)C1C[C@@]2(C)C(=CC1=O)C=C[C@@H](OC(=O)C(C)C1CCC(=O)O1)[C@@H]2C. The molecule has 27 heavy (non-hydrogen) atoms. The molecule has 0 spiro atoms. The number of hydrogen-bond acceptors (Lipinski definition) is 5. The fourth-order valence-corrected chi connectivity index (χ4v) is 4.33. The van der Waals surface area contributed by atoms with E-state index in [1.165, 1.54) is 0 Å². The fourth-order valence-electron chi connectivity index (χ4n) is 4.33. The number of ketones is 1. The molecule has 0 amide bonds. The van der Waals surface area contributed by atoms with Crippen LogP contribution in [0.5, 0.6) is 0 Å². The molecule has 146 valence electrons. The third-order valence-corrected chi connectivity index (χ3v) is 6.58. The van der Waals surface area contributed by atoms with Gasteiger partial charge in [-0.05, 0) is 44.4 Å². The summed E-state index contributed by atoms with van der Waals surface area (Å²) in [6.07, 6.45) is 6.28. The smallest absolute Gasteiger partial charge is 0.313 e. The number of ether oxygens (including phenoxy) is 2. The lowest BCUT2D eigenvalue weighted by Gasteiger charge is -2.46. The van der Waals surface area contributed by atoms with Gasteiger partial charge in [0.05, 0.1) is 5.92 Å². The molecule has 0 aromatic heterocycles. The predicted octanol–water partition coefficient (Wildman–Crippen LogP) is 3.54.